The predicted octanol–water partition coefficient (Wildman–Crippen LogP) is 2.79. The van der Waals surface area contributed by atoms with E-state index < -0.39 is 0 Å². The number of piperazine rings is 1. The van der Waals surface area contributed by atoms with Gasteiger partial charge in [-0.2, -0.15) is 0 Å². The Labute approximate surface area is 168 Å². The van der Waals surface area contributed by atoms with Crippen molar-refractivity contribution in [3.63, 3.8) is 0 Å². The molecule has 1 unspecified atom stereocenters. The average molecular weight is 385 g/mol. The molecule has 1 aliphatic carbocycles. The van der Waals surface area contributed by atoms with Gasteiger partial charge in [-0.3, -0.25) is 19.8 Å². The van der Waals surface area contributed by atoms with Crippen LogP contribution in [0.2, 0.25) is 0 Å². The summed E-state index contributed by atoms with van der Waals surface area (Å²) in [6, 6.07) is 2.32. The average Bonchev–Trinajstić information content (AvgIpc) is 2.74. The fraction of sp³-hybridized carbons (Fsp3) is 0.667. The first-order chi connectivity index (χ1) is 13.8. The standard InChI is InChI=1S/C21H32N6O/c1-18-8-9-23-21(24-18)26-15-13-25(14-16-26)11-4-5-17-28-27-12-10-22-19-6-2-3-7-20(19)27/h8-10,12,20H,2-7,11,13-17H2,1H3. The molecule has 152 valence electrons. The summed E-state index contributed by atoms with van der Waals surface area (Å²) in [4.78, 5) is 24.4. The molecule has 1 aromatic heterocycles. The molecule has 1 atom stereocenters. The Kier molecular flexibility index (Phi) is 6.54. The number of aromatic nitrogens is 2. The van der Waals surface area contributed by atoms with E-state index in [1.54, 1.807) is 0 Å². The Morgan fingerprint density at radius 3 is 2.89 bits per heavy atom. The van der Waals surface area contributed by atoms with Crippen molar-refractivity contribution < 1.29 is 4.84 Å². The number of fused-ring (bicyclic) bond motifs is 1. The molecule has 0 N–H and O–H groups in total. The van der Waals surface area contributed by atoms with Crippen LogP contribution >= 0.6 is 0 Å². The first kappa shape index (κ1) is 19.3. The second kappa shape index (κ2) is 9.47. The van der Waals surface area contributed by atoms with Crippen molar-refractivity contribution in [3.8, 4) is 0 Å². The van der Waals surface area contributed by atoms with Gasteiger partial charge < -0.3 is 4.90 Å². The van der Waals surface area contributed by atoms with E-state index in [4.69, 9.17) is 4.84 Å². The Morgan fingerprint density at radius 2 is 2.04 bits per heavy atom. The lowest BCUT2D eigenvalue weighted by atomic mass is 9.92. The predicted molar refractivity (Wildman–Crippen MR) is 111 cm³/mol. The Morgan fingerprint density at radius 1 is 1.14 bits per heavy atom. The molecule has 2 fully saturated rings. The number of aryl methyl sites for hydroxylation is 1. The van der Waals surface area contributed by atoms with E-state index in [-0.39, 0.29) is 0 Å². The van der Waals surface area contributed by atoms with Crippen LogP contribution in [0.15, 0.2) is 29.7 Å². The van der Waals surface area contributed by atoms with Crippen molar-refractivity contribution in [2.45, 2.75) is 51.5 Å². The van der Waals surface area contributed by atoms with Crippen LogP contribution in [0.5, 0.6) is 0 Å². The number of anilines is 1. The first-order valence-corrected chi connectivity index (χ1v) is 10.7. The number of unbranched alkanes of at least 4 members (excludes halogenated alkanes) is 1. The number of hydroxylamine groups is 2. The van der Waals surface area contributed by atoms with Gasteiger partial charge in [0, 0.05) is 56.2 Å². The van der Waals surface area contributed by atoms with E-state index in [9.17, 15) is 0 Å². The van der Waals surface area contributed by atoms with Crippen molar-refractivity contribution >= 4 is 11.7 Å². The molecule has 2 aliphatic heterocycles. The van der Waals surface area contributed by atoms with Crippen molar-refractivity contribution in [2.24, 2.45) is 4.99 Å². The molecule has 3 aliphatic rings. The van der Waals surface area contributed by atoms with Crippen LogP contribution in [0.1, 0.15) is 44.2 Å². The summed E-state index contributed by atoms with van der Waals surface area (Å²) < 4.78 is 0. The molecule has 0 radical (unpaired) electrons. The highest BCUT2D eigenvalue weighted by molar-refractivity contribution is 5.91. The zero-order valence-electron chi connectivity index (χ0n) is 17.0. The van der Waals surface area contributed by atoms with E-state index in [0.29, 0.717) is 6.04 Å². The molecule has 0 bridgehead atoms. The Balaban J connectivity index is 1.11. The van der Waals surface area contributed by atoms with Gasteiger partial charge >= 0.3 is 0 Å². The maximum Gasteiger partial charge on any atom is 0.225 e. The molecule has 4 rings (SSSR count). The lowest BCUT2D eigenvalue weighted by Crippen LogP contribution is -2.47. The summed E-state index contributed by atoms with van der Waals surface area (Å²) >= 11 is 0. The molecule has 1 saturated heterocycles. The summed E-state index contributed by atoms with van der Waals surface area (Å²) in [6.07, 6.45) is 12.8. The minimum Gasteiger partial charge on any atom is -0.338 e. The van der Waals surface area contributed by atoms with Crippen LogP contribution in [0.3, 0.4) is 0 Å². The minimum absolute atomic E-state index is 0.371. The van der Waals surface area contributed by atoms with Gasteiger partial charge in [0.25, 0.3) is 0 Å². The molecular weight excluding hydrogens is 352 g/mol. The van der Waals surface area contributed by atoms with Gasteiger partial charge in [0.1, 0.15) is 0 Å². The molecule has 1 aromatic rings. The lowest BCUT2D eigenvalue weighted by molar-refractivity contribution is -0.139. The highest BCUT2D eigenvalue weighted by Gasteiger charge is 2.27. The SMILES string of the molecule is Cc1ccnc(N2CCN(CCCCON3C=CN=C4CCCCC43)CC2)n1. The van der Waals surface area contributed by atoms with Gasteiger partial charge in [0.05, 0.1) is 12.6 Å². The number of hydrogen-bond acceptors (Lipinski definition) is 7. The Bertz CT molecular complexity index is 698. The van der Waals surface area contributed by atoms with Gasteiger partial charge in [-0.1, -0.05) is 6.42 Å². The normalized spacial score (nSPS) is 22.9. The van der Waals surface area contributed by atoms with E-state index in [1.165, 1.54) is 25.0 Å². The third-order valence-corrected chi connectivity index (χ3v) is 5.85. The van der Waals surface area contributed by atoms with E-state index in [2.05, 4.69) is 24.8 Å². The quantitative estimate of drug-likeness (QED) is 0.674. The zero-order chi connectivity index (χ0) is 19.2. The molecule has 7 nitrogen and oxygen atoms in total. The maximum absolute atomic E-state index is 6.05. The van der Waals surface area contributed by atoms with Crippen LogP contribution in [-0.2, 0) is 4.84 Å². The summed E-state index contributed by atoms with van der Waals surface area (Å²) in [5.74, 6) is 0.869. The smallest absolute Gasteiger partial charge is 0.225 e. The van der Waals surface area contributed by atoms with Crippen molar-refractivity contribution in [2.75, 3.05) is 44.2 Å². The van der Waals surface area contributed by atoms with Crippen LogP contribution < -0.4 is 4.90 Å². The largest absolute Gasteiger partial charge is 0.338 e. The van der Waals surface area contributed by atoms with Crippen LogP contribution in [0.25, 0.3) is 0 Å². The minimum atomic E-state index is 0.371. The highest BCUT2D eigenvalue weighted by Crippen LogP contribution is 2.24. The fourth-order valence-electron chi connectivity index (χ4n) is 4.20. The van der Waals surface area contributed by atoms with Gasteiger partial charge in [0.15, 0.2) is 0 Å². The summed E-state index contributed by atoms with van der Waals surface area (Å²) in [7, 11) is 0. The molecule has 7 heteroatoms. The summed E-state index contributed by atoms with van der Waals surface area (Å²) in [6.45, 7) is 8.10. The lowest BCUT2D eigenvalue weighted by Gasteiger charge is -2.35. The third kappa shape index (κ3) is 4.89. The monoisotopic (exact) mass is 384 g/mol. The van der Waals surface area contributed by atoms with Gasteiger partial charge in [-0.25, -0.2) is 9.97 Å². The summed E-state index contributed by atoms with van der Waals surface area (Å²) in [5.41, 5.74) is 2.33. The first-order valence-electron chi connectivity index (χ1n) is 10.7. The zero-order valence-corrected chi connectivity index (χ0v) is 17.0. The van der Waals surface area contributed by atoms with Crippen molar-refractivity contribution in [1.82, 2.24) is 19.9 Å². The number of rotatable bonds is 7. The molecule has 28 heavy (non-hydrogen) atoms. The topological polar surface area (TPSA) is 57.1 Å². The highest BCUT2D eigenvalue weighted by atomic mass is 16.7. The summed E-state index contributed by atoms with van der Waals surface area (Å²) in [5, 5.41) is 2.04. The van der Waals surface area contributed by atoms with Crippen LogP contribution in [-0.4, -0.2) is 71.0 Å². The van der Waals surface area contributed by atoms with E-state index >= 15 is 0 Å². The maximum atomic E-state index is 6.05. The molecule has 3 heterocycles. The van der Waals surface area contributed by atoms with Crippen LogP contribution in [0.4, 0.5) is 5.95 Å². The molecule has 0 aromatic carbocycles. The number of aliphatic imine (C=N–C) groups is 1. The van der Waals surface area contributed by atoms with Gasteiger partial charge in [0.2, 0.25) is 5.95 Å². The fourth-order valence-corrected chi connectivity index (χ4v) is 4.20. The molecule has 0 amide bonds. The van der Waals surface area contributed by atoms with E-state index in [1.807, 2.05) is 36.7 Å². The van der Waals surface area contributed by atoms with Crippen LogP contribution in [0, 0.1) is 6.92 Å². The van der Waals surface area contributed by atoms with Crippen molar-refractivity contribution in [1.29, 1.82) is 0 Å². The van der Waals surface area contributed by atoms with Crippen molar-refractivity contribution in [3.05, 3.63) is 30.4 Å². The second-order valence-corrected chi connectivity index (χ2v) is 7.91. The molecule has 0 spiro atoms. The van der Waals surface area contributed by atoms with E-state index in [0.717, 1.165) is 70.2 Å². The molecule has 1 saturated carbocycles. The third-order valence-electron chi connectivity index (χ3n) is 5.85. The van der Waals surface area contributed by atoms with Gasteiger partial charge in [-0.05, 0) is 51.6 Å². The number of hydrogen-bond donors (Lipinski definition) is 0. The number of nitrogens with zero attached hydrogens (tertiary/aromatic N) is 6. The van der Waals surface area contributed by atoms with Gasteiger partial charge in [-0.15, -0.1) is 0 Å². The molecular formula is C21H32N6O. The second-order valence-electron chi connectivity index (χ2n) is 7.91. The Hall–Kier alpha value is -1.99.